The monoisotopic (exact) mass is 325 g/mol. The number of aryl methyl sites for hydroxylation is 2. The SMILES string of the molecule is CCNC(Cc1cccc(Cl)c1Cl)c1cc(CC)nn1C. The molecule has 1 aromatic carbocycles. The van der Waals surface area contributed by atoms with Gasteiger partial charge in [-0.05, 0) is 37.1 Å². The molecule has 0 fully saturated rings. The smallest absolute Gasteiger partial charge is 0.0625 e. The Labute approximate surface area is 136 Å². The van der Waals surface area contributed by atoms with Crippen LogP contribution in [0, 0.1) is 0 Å². The van der Waals surface area contributed by atoms with Gasteiger partial charge >= 0.3 is 0 Å². The molecule has 1 heterocycles. The summed E-state index contributed by atoms with van der Waals surface area (Å²) in [6.07, 6.45) is 1.72. The maximum Gasteiger partial charge on any atom is 0.0625 e. The van der Waals surface area contributed by atoms with E-state index in [9.17, 15) is 0 Å². The Bertz CT molecular complexity index is 608. The Morgan fingerprint density at radius 3 is 2.67 bits per heavy atom. The van der Waals surface area contributed by atoms with Crippen molar-refractivity contribution in [3.05, 3.63) is 51.3 Å². The molecule has 0 aliphatic rings. The predicted molar refractivity (Wildman–Crippen MR) is 89.2 cm³/mol. The first-order valence-electron chi connectivity index (χ1n) is 7.25. The first-order chi connectivity index (χ1) is 10.1. The summed E-state index contributed by atoms with van der Waals surface area (Å²) in [6, 6.07) is 8.10. The number of aromatic nitrogens is 2. The van der Waals surface area contributed by atoms with Gasteiger partial charge in [0.15, 0.2) is 0 Å². The van der Waals surface area contributed by atoms with Crippen LogP contribution in [0.4, 0.5) is 0 Å². The molecule has 2 aromatic rings. The number of benzene rings is 1. The highest BCUT2D eigenvalue weighted by Crippen LogP contribution is 2.29. The molecule has 0 saturated heterocycles. The molecule has 21 heavy (non-hydrogen) atoms. The maximum atomic E-state index is 6.32. The van der Waals surface area contributed by atoms with E-state index < -0.39 is 0 Å². The van der Waals surface area contributed by atoms with Crippen LogP contribution in [-0.4, -0.2) is 16.3 Å². The van der Waals surface area contributed by atoms with Gasteiger partial charge in [-0.2, -0.15) is 5.10 Å². The Morgan fingerprint density at radius 2 is 2.05 bits per heavy atom. The summed E-state index contributed by atoms with van der Waals surface area (Å²) in [4.78, 5) is 0. The minimum Gasteiger partial charge on any atom is -0.309 e. The largest absolute Gasteiger partial charge is 0.309 e. The summed E-state index contributed by atoms with van der Waals surface area (Å²) >= 11 is 12.4. The molecule has 3 nitrogen and oxygen atoms in total. The molecule has 1 atom stereocenters. The third kappa shape index (κ3) is 3.79. The number of hydrogen-bond acceptors (Lipinski definition) is 2. The molecule has 0 bridgehead atoms. The quantitative estimate of drug-likeness (QED) is 0.863. The molecule has 1 unspecified atom stereocenters. The van der Waals surface area contributed by atoms with Crippen molar-refractivity contribution in [1.29, 1.82) is 0 Å². The van der Waals surface area contributed by atoms with Crippen molar-refractivity contribution in [1.82, 2.24) is 15.1 Å². The molecule has 5 heteroatoms. The van der Waals surface area contributed by atoms with E-state index in [1.165, 1.54) is 5.69 Å². The van der Waals surface area contributed by atoms with E-state index in [1.54, 1.807) is 0 Å². The highest BCUT2D eigenvalue weighted by Gasteiger charge is 2.18. The third-order valence-corrected chi connectivity index (χ3v) is 4.45. The lowest BCUT2D eigenvalue weighted by Crippen LogP contribution is -2.25. The lowest BCUT2D eigenvalue weighted by Gasteiger charge is -2.19. The lowest BCUT2D eigenvalue weighted by atomic mass is 10.0. The zero-order chi connectivity index (χ0) is 15.4. The van der Waals surface area contributed by atoms with Crippen molar-refractivity contribution < 1.29 is 0 Å². The van der Waals surface area contributed by atoms with Crippen LogP contribution in [0.3, 0.4) is 0 Å². The van der Waals surface area contributed by atoms with Gasteiger partial charge in [-0.1, -0.05) is 49.2 Å². The van der Waals surface area contributed by atoms with E-state index in [0.29, 0.717) is 10.0 Å². The molecule has 1 aromatic heterocycles. The fourth-order valence-corrected chi connectivity index (χ4v) is 2.89. The van der Waals surface area contributed by atoms with Gasteiger partial charge < -0.3 is 5.32 Å². The molecule has 0 aliphatic carbocycles. The van der Waals surface area contributed by atoms with Crippen molar-refractivity contribution in [2.75, 3.05) is 6.54 Å². The predicted octanol–water partition coefficient (Wildman–Crippen LogP) is 4.18. The van der Waals surface area contributed by atoms with Crippen LogP contribution in [0.5, 0.6) is 0 Å². The highest BCUT2D eigenvalue weighted by molar-refractivity contribution is 6.42. The highest BCUT2D eigenvalue weighted by atomic mass is 35.5. The van der Waals surface area contributed by atoms with Crippen LogP contribution in [0.1, 0.15) is 36.8 Å². The zero-order valence-electron chi connectivity index (χ0n) is 12.7. The van der Waals surface area contributed by atoms with Crippen LogP contribution in [0.25, 0.3) is 0 Å². The molecule has 114 valence electrons. The van der Waals surface area contributed by atoms with Gasteiger partial charge in [0.2, 0.25) is 0 Å². The molecule has 2 rings (SSSR count). The van der Waals surface area contributed by atoms with Gasteiger partial charge in [-0.3, -0.25) is 4.68 Å². The molecule has 0 saturated carbocycles. The van der Waals surface area contributed by atoms with Crippen LogP contribution >= 0.6 is 23.2 Å². The Morgan fingerprint density at radius 1 is 1.29 bits per heavy atom. The number of nitrogens with zero attached hydrogens (tertiary/aromatic N) is 2. The van der Waals surface area contributed by atoms with Crippen LogP contribution in [0.15, 0.2) is 24.3 Å². The first-order valence-corrected chi connectivity index (χ1v) is 8.01. The van der Waals surface area contributed by atoms with Crippen LogP contribution in [0.2, 0.25) is 10.0 Å². The second kappa shape index (κ2) is 7.30. The first kappa shape index (κ1) is 16.3. The standard InChI is InChI=1S/C16H21Cl2N3/c1-4-12-10-15(21(3)20-12)14(19-5-2)9-11-7-6-8-13(17)16(11)18/h6-8,10,14,19H,4-5,9H2,1-3H3. The molecule has 0 amide bonds. The topological polar surface area (TPSA) is 29.9 Å². The molecular weight excluding hydrogens is 305 g/mol. The summed E-state index contributed by atoms with van der Waals surface area (Å²) in [5.41, 5.74) is 3.33. The van der Waals surface area contributed by atoms with Crippen LogP contribution < -0.4 is 5.32 Å². The van der Waals surface area contributed by atoms with Gasteiger partial charge in [-0.25, -0.2) is 0 Å². The van der Waals surface area contributed by atoms with Crippen molar-refractivity contribution >= 4 is 23.2 Å². The van der Waals surface area contributed by atoms with Crippen LogP contribution in [-0.2, 0) is 19.9 Å². The van der Waals surface area contributed by atoms with Crippen molar-refractivity contribution in [3.63, 3.8) is 0 Å². The molecule has 0 aliphatic heterocycles. The van der Waals surface area contributed by atoms with E-state index in [1.807, 2.05) is 29.9 Å². The fraction of sp³-hybridized carbons (Fsp3) is 0.438. The average Bonchev–Trinajstić information content (AvgIpc) is 2.84. The van der Waals surface area contributed by atoms with Gasteiger partial charge in [0.05, 0.1) is 27.5 Å². The van der Waals surface area contributed by atoms with Gasteiger partial charge in [-0.15, -0.1) is 0 Å². The Balaban J connectivity index is 2.30. The van der Waals surface area contributed by atoms with E-state index in [2.05, 4.69) is 30.3 Å². The lowest BCUT2D eigenvalue weighted by molar-refractivity contribution is 0.507. The molecular formula is C16H21Cl2N3. The second-order valence-electron chi connectivity index (χ2n) is 5.07. The van der Waals surface area contributed by atoms with E-state index >= 15 is 0 Å². The molecule has 0 radical (unpaired) electrons. The average molecular weight is 326 g/mol. The summed E-state index contributed by atoms with van der Waals surface area (Å²) < 4.78 is 1.95. The Kier molecular flexibility index (Phi) is 5.68. The van der Waals surface area contributed by atoms with E-state index in [0.717, 1.165) is 30.6 Å². The van der Waals surface area contributed by atoms with Gasteiger partial charge in [0.25, 0.3) is 0 Å². The number of nitrogens with one attached hydrogen (secondary N) is 1. The summed E-state index contributed by atoms with van der Waals surface area (Å²) in [6.45, 7) is 5.10. The summed E-state index contributed by atoms with van der Waals surface area (Å²) in [7, 11) is 1.98. The number of likely N-dealkylation sites (N-methyl/N-ethyl adjacent to an activating group) is 1. The number of hydrogen-bond donors (Lipinski definition) is 1. The van der Waals surface area contributed by atoms with E-state index in [4.69, 9.17) is 23.2 Å². The van der Waals surface area contributed by atoms with Gasteiger partial charge in [0.1, 0.15) is 0 Å². The Hall–Kier alpha value is -1.03. The van der Waals surface area contributed by atoms with E-state index in [-0.39, 0.29) is 6.04 Å². The zero-order valence-corrected chi connectivity index (χ0v) is 14.2. The summed E-state index contributed by atoms with van der Waals surface area (Å²) in [5.74, 6) is 0. The minimum absolute atomic E-state index is 0.170. The summed E-state index contributed by atoms with van der Waals surface area (Å²) in [5, 5.41) is 9.28. The van der Waals surface area contributed by atoms with Crippen molar-refractivity contribution in [2.45, 2.75) is 32.7 Å². The fourth-order valence-electron chi connectivity index (χ4n) is 2.50. The maximum absolute atomic E-state index is 6.32. The minimum atomic E-state index is 0.170. The van der Waals surface area contributed by atoms with Crippen molar-refractivity contribution in [3.8, 4) is 0 Å². The number of halogens is 2. The van der Waals surface area contributed by atoms with Gasteiger partial charge in [0, 0.05) is 7.05 Å². The normalized spacial score (nSPS) is 12.6. The van der Waals surface area contributed by atoms with Crippen molar-refractivity contribution in [2.24, 2.45) is 7.05 Å². The third-order valence-electron chi connectivity index (χ3n) is 3.59. The number of rotatable bonds is 6. The molecule has 1 N–H and O–H groups in total. The second-order valence-corrected chi connectivity index (χ2v) is 5.85. The molecule has 0 spiro atoms.